The first-order chi connectivity index (χ1) is 7.29. The van der Waals surface area contributed by atoms with Crippen LogP contribution < -0.4 is 5.32 Å². The van der Waals surface area contributed by atoms with Gasteiger partial charge >= 0.3 is 0 Å². The van der Waals surface area contributed by atoms with E-state index >= 15 is 0 Å². The van der Waals surface area contributed by atoms with E-state index < -0.39 is 0 Å². The molecule has 3 rings (SSSR count). The van der Waals surface area contributed by atoms with Gasteiger partial charge in [0.2, 0.25) is 11.8 Å². The average molecular weight is 208 g/mol. The Morgan fingerprint density at radius 2 is 1.67 bits per heavy atom. The van der Waals surface area contributed by atoms with Crippen LogP contribution in [-0.2, 0) is 9.59 Å². The summed E-state index contributed by atoms with van der Waals surface area (Å²) in [6.45, 7) is 0.928. The molecule has 3 unspecified atom stereocenters. The minimum atomic E-state index is -0.00986. The van der Waals surface area contributed by atoms with E-state index in [1.165, 1.54) is 4.90 Å². The van der Waals surface area contributed by atoms with Crippen molar-refractivity contribution < 1.29 is 9.59 Å². The molecule has 1 saturated carbocycles. The molecule has 4 heteroatoms. The zero-order chi connectivity index (χ0) is 10.4. The number of piperidine rings is 1. The highest BCUT2D eigenvalue weighted by molar-refractivity contribution is 6.06. The Hall–Kier alpha value is -0.900. The number of rotatable bonds is 1. The highest BCUT2D eigenvalue weighted by Crippen LogP contribution is 2.43. The monoisotopic (exact) mass is 208 g/mol. The molecule has 1 N–H and O–H groups in total. The molecule has 2 saturated heterocycles. The first-order valence-corrected chi connectivity index (χ1v) is 5.89. The largest absolute Gasteiger partial charge is 0.297 e. The number of carbonyl (C=O) groups excluding carboxylic acids is 2. The van der Waals surface area contributed by atoms with Gasteiger partial charge < -0.3 is 0 Å². The second-order valence-electron chi connectivity index (χ2n) is 4.80. The first-order valence-electron chi connectivity index (χ1n) is 5.89. The Labute approximate surface area is 89.0 Å². The van der Waals surface area contributed by atoms with Gasteiger partial charge in [0.25, 0.3) is 0 Å². The third kappa shape index (κ3) is 1.24. The Morgan fingerprint density at radius 3 is 2.13 bits per heavy atom. The summed E-state index contributed by atoms with van der Waals surface area (Å²) in [7, 11) is 0. The van der Waals surface area contributed by atoms with Crippen LogP contribution in [0.25, 0.3) is 0 Å². The van der Waals surface area contributed by atoms with Crippen molar-refractivity contribution in [3.05, 3.63) is 0 Å². The van der Waals surface area contributed by atoms with Crippen LogP contribution in [0, 0.1) is 11.8 Å². The van der Waals surface area contributed by atoms with Crippen molar-refractivity contribution in [2.45, 2.75) is 38.3 Å². The topological polar surface area (TPSA) is 49.4 Å². The Morgan fingerprint density at radius 1 is 1.00 bits per heavy atom. The van der Waals surface area contributed by atoms with E-state index in [0.717, 1.165) is 38.6 Å². The summed E-state index contributed by atoms with van der Waals surface area (Å²) < 4.78 is 0. The van der Waals surface area contributed by atoms with Crippen molar-refractivity contribution in [1.29, 1.82) is 0 Å². The summed E-state index contributed by atoms with van der Waals surface area (Å²) >= 11 is 0. The molecule has 15 heavy (non-hydrogen) atoms. The van der Waals surface area contributed by atoms with Crippen LogP contribution in [0.5, 0.6) is 0 Å². The van der Waals surface area contributed by atoms with Crippen molar-refractivity contribution in [1.82, 2.24) is 10.2 Å². The van der Waals surface area contributed by atoms with Crippen LogP contribution in [0.3, 0.4) is 0 Å². The minimum Gasteiger partial charge on any atom is -0.297 e. The molecule has 0 aromatic rings. The second-order valence-corrected chi connectivity index (χ2v) is 4.80. The Balaban J connectivity index is 1.79. The van der Waals surface area contributed by atoms with Crippen LogP contribution >= 0.6 is 0 Å². The number of amides is 2. The van der Waals surface area contributed by atoms with Gasteiger partial charge in [-0.15, -0.1) is 0 Å². The first kappa shape index (κ1) is 9.33. The molecule has 0 aromatic heterocycles. The van der Waals surface area contributed by atoms with Gasteiger partial charge in [0.1, 0.15) is 0 Å². The summed E-state index contributed by atoms with van der Waals surface area (Å²) in [5.41, 5.74) is 0. The van der Waals surface area contributed by atoms with E-state index in [1.54, 1.807) is 0 Å². The Kier molecular flexibility index (Phi) is 2.06. The van der Waals surface area contributed by atoms with Crippen LogP contribution in [0.1, 0.15) is 32.1 Å². The molecule has 2 heterocycles. The zero-order valence-electron chi connectivity index (χ0n) is 8.74. The maximum absolute atomic E-state index is 11.9. The Bertz CT molecular complexity index is 288. The van der Waals surface area contributed by atoms with Crippen molar-refractivity contribution in [2.75, 3.05) is 6.54 Å². The van der Waals surface area contributed by atoms with Crippen molar-refractivity contribution >= 4 is 11.8 Å². The number of hydrogen-bond acceptors (Lipinski definition) is 3. The summed E-state index contributed by atoms with van der Waals surface area (Å²) in [6, 6.07) is 0. The number of nitrogens with one attached hydrogen (secondary N) is 1. The molecule has 3 fully saturated rings. The number of likely N-dealkylation sites (tertiary alicyclic amines) is 1. The van der Waals surface area contributed by atoms with Gasteiger partial charge in [-0.3, -0.25) is 19.8 Å². The lowest BCUT2D eigenvalue weighted by Crippen LogP contribution is -2.51. The number of hydrogen-bond donors (Lipinski definition) is 1. The van der Waals surface area contributed by atoms with E-state index in [2.05, 4.69) is 5.32 Å². The molecule has 3 atom stereocenters. The van der Waals surface area contributed by atoms with Crippen molar-refractivity contribution in [2.24, 2.45) is 11.8 Å². The van der Waals surface area contributed by atoms with E-state index in [-0.39, 0.29) is 29.8 Å². The van der Waals surface area contributed by atoms with Gasteiger partial charge in [-0.1, -0.05) is 0 Å². The van der Waals surface area contributed by atoms with Gasteiger partial charge in [-0.2, -0.15) is 0 Å². The summed E-state index contributed by atoms with van der Waals surface area (Å²) in [5, 5.41) is 3.28. The molecule has 82 valence electrons. The second kappa shape index (κ2) is 3.30. The third-order valence-electron chi connectivity index (χ3n) is 3.98. The molecule has 2 aliphatic heterocycles. The molecule has 0 spiro atoms. The molecular weight excluding hydrogens is 192 g/mol. The van der Waals surface area contributed by atoms with Crippen molar-refractivity contribution in [3.8, 4) is 0 Å². The molecule has 1 aliphatic carbocycles. The lowest BCUT2D eigenvalue weighted by Gasteiger charge is -2.30. The summed E-state index contributed by atoms with van der Waals surface area (Å²) in [4.78, 5) is 25.4. The quantitative estimate of drug-likeness (QED) is 0.638. The molecule has 0 bridgehead atoms. The van der Waals surface area contributed by atoms with Gasteiger partial charge in [0, 0.05) is 0 Å². The number of nitrogens with zero attached hydrogens (tertiary/aromatic N) is 1. The fraction of sp³-hybridized carbons (Fsp3) is 0.818. The predicted octanol–water partition coefficient (Wildman–Crippen LogP) is 0.481. The van der Waals surface area contributed by atoms with E-state index in [9.17, 15) is 9.59 Å². The molecule has 4 nitrogen and oxygen atoms in total. The number of fused-ring (bicyclic) bond motifs is 1. The van der Waals surface area contributed by atoms with Gasteiger partial charge in [0.05, 0.1) is 18.0 Å². The maximum atomic E-state index is 11.9. The van der Waals surface area contributed by atoms with Gasteiger partial charge in [-0.25, -0.2) is 0 Å². The van der Waals surface area contributed by atoms with Gasteiger partial charge in [-0.05, 0) is 38.6 Å². The van der Waals surface area contributed by atoms with Crippen molar-refractivity contribution in [3.63, 3.8) is 0 Å². The highest BCUT2D eigenvalue weighted by Gasteiger charge is 2.54. The minimum absolute atomic E-state index is 0.00986. The molecule has 0 radical (unpaired) electrons. The molecule has 3 aliphatic rings. The average Bonchev–Trinajstić information content (AvgIpc) is 2.33. The zero-order valence-corrected chi connectivity index (χ0v) is 8.74. The van der Waals surface area contributed by atoms with Crippen LogP contribution in [0.4, 0.5) is 0 Å². The van der Waals surface area contributed by atoms with Crippen LogP contribution in [0.2, 0.25) is 0 Å². The van der Waals surface area contributed by atoms with Crippen LogP contribution in [-0.4, -0.2) is 29.4 Å². The fourth-order valence-electron chi connectivity index (χ4n) is 2.92. The molecule has 0 aromatic carbocycles. The van der Waals surface area contributed by atoms with E-state index in [0.29, 0.717) is 0 Å². The molecular formula is C11H16N2O2. The van der Waals surface area contributed by atoms with Crippen LogP contribution in [0.15, 0.2) is 0 Å². The fourth-order valence-corrected chi connectivity index (χ4v) is 2.92. The molecule has 2 amide bonds. The van der Waals surface area contributed by atoms with E-state index in [4.69, 9.17) is 0 Å². The number of imide groups is 1. The lowest BCUT2D eigenvalue weighted by atomic mass is 9.76. The normalized spacial score (nSPS) is 40.3. The van der Waals surface area contributed by atoms with Gasteiger partial charge in [0.15, 0.2) is 0 Å². The lowest BCUT2D eigenvalue weighted by molar-refractivity contribution is -0.143. The SMILES string of the molecule is O=C1C2CCC2C(=O)N1C1CCCCN1. The smallest absolute Gasteiger partial charge is 0.234 e. The van der Waals surface area contributed by atoms with E-state index in [1.807, 2.05) is 0 Å². The highest BCUT2D eigenvalue weighted by atomic mass is 16.2. The standard InChI is InChI=1S/C11H16N2O2/c14-10-7-4-5-8(7)11(15)13(10)9-3-1-2-6-12-9/h7-9,12H,1-6H2. The summed E-state index contributed by atoms with van der Waals surface area (Å²) in [6.07, 6.45) is 5.02. The third-order valence-corrected chi connectivity index (χ3v) is 3.98. The number of carbonyl (C=O) groups is 2. The summed E-state index contributed by atoms with van der Waals surface area (Å²) in [5.74, 6) is 0.216. The maximum Gasteiger partial charge on any atom is 0.234 e. The predicted molar refractivity (Wildman–Crippen MR) is 53.7 cm³/mol.